The minimum atomic E-state index is -0.260. The molecule has 3 aromatic rings. The van der Waals surface area contributed by atoms with E-state index < -0.39 is 0 Å². The van der Waals surface area contributed by atoms with Gasteiger partial charge in [-0.2, -0.15) is 0 Å². The minimum absolute atomic E-state index is 0.260. The first-order chi connectivity index (χ1) is 9.79. The third-order valence-corrected chi connectivity index (χ3v) is 3.10. The quantitative estimate of drug-likeness (QED) is 0.732. The van der Waals surface area contributed by atoms with Crippen molar-refractivity contribution in [3.63, 3.8) is 0 Å². The van der Waals surface area contributed by atoms with Gasteiger partial charge in [-0.15, -0.1) is 0 Å². The van der Waals surface area contributed by atoms with Crippen LogP contribution >= 0.6 is 0 Å². The smallest absolute Gasteiger partial charge is 0.164 e. The summed E-state index contributed by atoms with van der Waals surface area (Å²) in [6, 6.07) is 10.1. The van der Waals surface area contributed by atoms with Gasteiger partial charge in [-0.05, 0) is 36.4 Å². The van der Waals surface area contributed by atoms with Crippen LogP contribution in [-0.4, -0.2) is 28.3 Å². The van der Waals surface area contributed by atoms with Crippen LogP contribution < -0.4 is 0 Å². The molecule has 0 N–H and O–H groups in total. The summed E-state index contributed by atoms with van der Waals surface area (Å²) in [6.07, 6.45) is 2.40. The Bertz CT molecular complexity index is 722. The van der Waals surface area contributed by atoms with Gasteiger partial charge in [0.15, 0.2) is 5.65 Å². The first-order valence-electron chi connectivity index (χ1n) is 6.37. The van der Waals surface area contributed by atoms with Gasteiger partial charge in [0.2, 0.25) is 0 Å². The molecule has 102 valence electrons. The van der Waals surface area contributed by atoms with E-state index in [1.165, 1.54) is 12.1 Å². The first-order valence-corrected chi connectivity index (χ1v) is 6.37. The van der Waals surface area contributed by atoms with Crippen molar-refractivity contribution in [3.05, 3.63) is 54.2 Å². The predicted molar refractivity (Wildman–Crippen MR) is 74.4 cm³/mol. The molecule has 0 aliphatic carbocycles. The van der Waals surface area contributed by atoms with E-state index in [1.807, 2.05) is 16.7 Å². The topological polar surface area (TPSA) is 39.9 Å². The van der Waals surface area contributed by atoms with Crippen LogP contribution in [0.1, 0.15) is 5.82 Å². The highest BCUT2D eigenvalue weighted by Gasteiger charge is 2.12. The molecule has 3 rings (SSSR count). The Kier molecular flexibility index (Phi) is 3.43. The second kappa shape index (κ2) is 5.38. The van der Waals surface area contributed by atoms with Gasteiger partial charge in [0.05, 0.1) is 6.61 Å². The van der Waals surface area contributed by atoms with E-state index in [9.17, 15) is 4.39 Å². The molecule has 0 aliphatic rings. The Morgan fingerprint density at radius 1 is 1.20 bits per heavy atom. The lowest BCUT2D eigenvalue weighted by Gasteiger charge is -2.08. The molecule has 20 heavy (non-hydrogen) atoms. The van der Waals surface area contributed by atoms with Crippen molar-refractivity contribution in [2.24, 2.45) is 0 Å². The minimum Gasteiger partial charge on any atom is -0.384 e. The summed E-state index contributed by atoms with van der Waals surface area (Å²) in [5.74, 6) is 0.594. The van der Waals surface area contributed by atoms with Gasteiger partial charge in [0.1, 0.15) is 17.2 Å². The van der Waals surface area contributed by atoms with E-state index in [0.717, 1.165) is 22.7 Å². The summed E-state index contributed by atoms with van der Waals surface area (Å²) >= 11 is 0. The molecular weight excluding hydrogens is 257 g/mol. The fourth-order valence-electron chi connectivity index (χ4n) is 2.18. The second-order valence-electron chi connectivity index (χ2n) is 4.43. The number of rotatable bonds is 4. The molecule has 0 atom stereocenters. The fourth-order valence-corrected chi connectivity index (χ4v) is 2.18. The zero-order valence-electron chi connectivity index (χ0n) is 11.1. The van der Waals surface area contributed by atoms with Gasteiger partial charge in [-0.25, -0.2) is 14.4 Å². The number of hydrogen-bond donors (Lipinski definition) is 0. The molecule has 0 fully saturated rings. The van der Waals surface area contributed by atoms with E-state index in [1.54, 1.807) is 25.4 Å². The van der Waals surface area contributed by atoms with Crippen molar-refractivity contribution in [1.82, 2.24) is 14.5 Å². The SMILES string of the molecule is COCCc1nc2cccnc2n1-c1ccc(F)cc1. The largest absolute Gasteiger partial charge is 0.384 e. The fraction of sp³-hybridized carbons (Fsp3) is 0.200. The number of aromatic nitrogens is 3. The zero-order chi connectivity index (χ0) is 13.9. The number of fused-ring (bicyclic) bond motifs is 1. The Hall–Kier alpha value is -2.27. The van der Waals surface area contributed by atoms with E-state index in [0.29, 0.717) is 13.0 Å². The molecule has 4 nitrogen and oxygen atoms in total. The zero-order valence-corrected chi connectivity index (χ0v) is 11.1. The number of pyridine rings is 1. The highest BCUT2D eigenvalue weighted by atomic mass is 19.1. The van der Waals surface area contributed by atoms with Crippen molar-refractivity contribution in [2.75, 3.05) is 13.7 Å². The van der Waals surface area contributed by atoms with Gasteiger partial charge in [0, 0.05) is 25.4 Å². The maximum Gasteiger partial charge on any atom is 0.164 e. The van der Waals surface area contributed by atoms with Crippen molar-refractivity contribution < 1.29 is 9.13 Å². The highest BCUT2D eigenvalue weighted by molar-refractivity contribution is 5.73. The molecular formula is C15H14FN3O. The number of nitrogens with zero attached hydrogens (tertiary/aromatic N) is 3. The van der Waals surface area contributed by atoms with Crippen LogP contribution in [0.2, 0.25) is 0 Å². The summed E-state index contributed by atoms with van der Waals surface area (Å²) in [5.41, 5.74) is 2.44. The molecule has 0 amide bonds. The molecule has 0 bridgehead atoms. The van der Waals surface area contributed by atoms with Crippen LogP contribution in [0, 0.1) is 5.82 Å². The molecule has 0 radical (unpaired) electrons. The number of ether oxygens (including phenoxy) is 1. The van der Waals surface area contributed by atoms with Crippen molar-refractivity contribution in [1.29, 1.82) is 0 Å². The molecule has 5 heteroatoms. The summed E-state index contributed by atoms with van der Waals surface area (Å²) < 4.78 is 20.1. The third kappa shape index (κ3) is 2.28. The van der Waals surface area contributed by atoms with Gasteiger partial charge < -0.3 is 4.74 Å². The average molecular weight is 271 g/mol. The third-order valence-electron chi connectivity index (χ3n) is 3.10. The van der Waals surface area contributed by atoms with Crippen LogP contribution in [0.25, 0.3) is 16.9 Å². The maximum absolute atomic E-state index is 13.1. The average Bonchev–Trinajstić information content (AvgIpc) is 2.84. The van der Waals surface area contributed by atoms with Gasteiger partial charge in [-0.3, -0.25) is 4.57 Å². The van der Waals surface area contributed by atoms with Crippen molar-refractivity contribution in [2.45, 2.75) is 6.42 Å². The Balaban J connectivity index is 2.17. The number of benzene rings is 1. The predicted octanol–water partition coefficient (Wildman–Crippen LogP) is 2.75. The molecule has 0 saturated carbocycles. The lowest BCUT2D eigenvalue weighted by Crippen LogP contribution is -2.05. The summed E-state index contributed by atoms with van der Waals surface area (Å²) in [4.78, 5) is 8.95. The maximum atomic E-state index is 13.1. The lowest BCUT2D eigenvalue weighted by atomic mass is 10.3. The first kappa shape index (κ1) is 12.7. The molecule has 1 aromatic carbocycles. The molecule has 0 unspecified atom stereocenters. The molecule has 0 spiro atoms. The van der Waals surface area contributed by atoms with E-state index >= 15 is 0 Å². The Morgan fingerprint density at radius 3 is 2.75 bits per heavy atom. The molecule has 2 heterocycles. The van der Waals surface area contributed by atoms with Crippen LogP contribution in [-0.2, 0) is 11.2 Å². The van der Waals surface area contributed by atoms with Crippen molar-refractivity contribution >= 4 is 11.2 Å². The second-order valence-corrected chi connectivity index (χ2v) is 4.43. The van der Waals surface area contributed by atoms with E-state index in [2.05, 4.69) is 9.97 Å². The van der Waals surface area contributed by atoms with Crippen LogP contribution in [0.5, 0.6) is 0 Å². The van der Waals surface area contributed by atoms with E-state index in [-0.39, 0.29) is 5.82 Å². The number of hydrogen-bond acceptors (Lipinski definition) is 3. The lowest BCUT2D eigenvalue weighted by molar-refractivity contribution is 0.200. The van der Waals surface area contributed by atoms with Gasteiger partial charge >= 0.3 is 0 Å². The van der Waals surface area contributed by atoms with Crippen LogP contribution in [0.3, 0.4) is 0 Å². The number of halogens is 1. The Labute approximate surface area is 115 Å². The van der Waals surface area contributed by atoms with Crippen molar-refractivity contribution in [3.8, 4) is 5.69 Å². The molecule has 0 aliphatic heterocycles. The summed E-state index contributed by atoms with van der Waals surface area (Å²) in [5, 5.41) is 0. The van der Waals surface area contributed by atoms with Gasteiger partial charge in [-0.1, -0.05) is 0 Å². The molecule has 0 saturated heterocycles. The highest BCUT2D eigenvalue weighted by Crippen LogP contribution is 2.20. The number of methoxy groups -OCH3 is 1. The summed E-state index contributed by atoms with van der Waals surface area (Å²) in [7, 11) is 1.66. The van der Waals surface area contributed by atoms with Crippen LogP contribution in [0.4, 0.5) is 4.39 Å². The van der Waals surface area contributed by atoms with Crippen LogP contribution in [0.15, 0.2) is 42.6 Å². The molecule has 2 aromatic heterocycles. The van der Waals surface area contributed by atoms with Gasteiger partial charge in [0.25, 0.3) is 0 Å². The standard InChI is InChI=1S/C15H14FN3O/c1-20-10-8-14-18-13-3-2-9-17-15(13)19(14)12-6-4-11(16)5-7-12/h2-7,9H,8,10H2,1H3. The Morgan fingerprint density at radius 2 is 2.00 bits per heavy atom. The van der Waals surface area contributed by atoms with E-state index in [4.69, 9.17) is 4.74 Å². The number of imidazole rings is 1. The monoisotopic (exact) mass is 271 g/mol. The summed E-state index contributed by atoms with van der Waals surface area (Å²) in [6.45, 7) is 0.574. The normalized spacial score (nSPS) is 11.1.